The Bertz CT molecular complexity index is 762. The van der Waals surface area contributed by atoms with Gasteiger partial charge in [0.1, 0.15) is 10.6 Å². The van der Waals surface area contributed by atoms with E-state index in [1.54, 1.807) is 0 Å². The number of phenols is 1. The normalized spacial score (nSPS) is 11.1. The average Bonchev–Trinajstić information content (AvgIpc) is 2.45. The van der Waals surface area contributed by atoms with Crippen LogP contribution in [-0.2, 0) is 19.5 Å². The lowest BCUT2D eigenvalue weighted by atomic mass is 10.1. The lowest BCUT2D eigenvalue weighted by Crippen LogP contribution is -2.02. The van der Waals surface area contributed by atoms with E-state index < -0.39 is 10.1 Å². The number of aromatic hydroxyl groups is 1. The molecule has 0 aliphatic heterocycles. The van der Waals surface area contributed by atoms with Crippen molar-refractivity contribution < 1.29 is 32.7 Å². The van der Waals surface area contributed by atoms with Gasteiger partial charge in [0, 0.05) is 15.7 Å². The van der Waals surface area contributed by atoms with E-state index in [-0.39, 0.29) is 26.3 Å². The smallest absolute Gasteiger partial charge is 0.295 e. The molecule has 0 aromatic heterocycles. The standard InChI is InChI=1S/C11H10O7S2.CH5N/c1-6-2-3-8-9(11(6)20(14,15)16)4-7(5-10(8)12)19-18-17-13;1-2/h2-5,12-13H,1H3,(H,14,15,16);2H2,1H3. The first-order valence-corrected chi connectivity index (χ1v) is 7.99. The summed E-state index contributed by atoms with van der Waals surface area (Å²) in [6.07, 6.45) is 0. The summed E-state index contributed by atoms with van der Waals surface area (Å²) in [5.41, 5.74) is 4.83. The molecule has 22 heavy (non-hydrogen) atoms. The molecule has 2 aromatic rings. The summed E-state index contributed by atoms with van der Waals surface area (Å²) in [7, 11) is -2.96. The topological polar surface area (TPSA) is 139 Å². The van der Waals surface area contributed by atoms with Gasteiger partial charge in [-0.3, -0.25) is 4.55 Å². The highest BCUT2D eigenvalue weighted by Crippen LogP contribution is 2.36. The van der Waals surface area contributed by atoms with Crippen molar-refractivity contribution in [2.24, 2.45) is 5.73 Å². The van der Waals surface area contributed by atoms with Gasteiger partial charge in [-0.15, -0.1) is 4.33 Å². The lowest BCUT2D eigenvalue weighted by Gasteiger charge is -2.10. The van der Waals surface area contributed by atoms with E-state index in [2.05, 4.69) is 15.1 Å². The third kappa shape index (κ3) is 4.08. The minimum atomic E-state index is -4.46. The summed E-state index contributed by atoms with van der Waals surface area (Å²) in [6, 6.07) is 5.70. The maximum absolute atomic E-state index is 11.5. The van der Waals surface area contributed by atoms with Crippen LogP contribution in [0.4, 0.5) is 0 Å². The molecular formula is C12H15NO7S2. The van der Waals surface area contributed by atoms with E-state index in [4.69, 9.17) is 5.26 Å². The van der Waals surface area contributed by atoms with Crippen LogP contribution >= 0.6 is 12.0 Å². The molecule has 2 rings (SSSR count). The van der Waals surface area contributed by atoms with Crippen molar-refractivity contribution in [1.82, 2.24) is 0 Å². The molecule has 2 aromatic carbocycles. The first-order chi connectivity index (χ1) is 10.3. The van der Waals surface area contributed by atoms with Crippen molar-refractivity contribution in [2.75, 3.05) is 7.05 Å². The fourth-order valence-corrected chi connectivity index (χ4v) is 3.27. The summed E-state index contributed by atoms with van der Waals surface area (Å²) in [5, 5.41) is 21.8. The van der Waals surface area contributed by atoms with Crippen LogP contribution < -0.4 is 5.73 Å². The molecule has 0 heterocycles. The van der Waals surface area contributed by atoms with Crippen molar-refractivity contribution in [2.45, 2.75) is 16.7 Å². The van der Waals surface area contributed by atoms with Crippen molar-refractivity contribution in [3.63, 3.8) is 0 Å². The predicted octanol–water partition coefficient (Wildman–Crippen LogP) is 2.10. The van der Waals surface area contributed by atoms with Crippen molar-refractivity contribution in [3.8, 4) is 5.75 Å². The number of benzene rings is 2. The Morgan fingerprint density at radius 3 is 2.36 bits per heavy atom. The molecule has 0 spiro atoms. The maximum Gasteiger partial charge on any atom is 0.295 e. The fourth-order valence-electron chi connectivity index (χ4n) is 1.92. The molecule has 8 nitrogen and oxygen atoms in total. The van der Waals surface area contributed by atoms with Gasteiger partial charge in [-0.25, -0.2) is 5.26 Å². The Kier molecular flexibility index (Phi) is 6.56. The van der Waals surface area contributed by atoms with Gasteiger partial charge in [-0.1, -0.05) is 17.2 Å². The Hall–Kier alpha value is -1.40. The maximum atomic E-state index is 11.5. The Morgan fingerprint density at radius 1 is 1.18 bits per heavy atom. The minimum Gasteiger partial charge on any atom is -0.507 e. The number of phenolic OH excluding ortho intramolecular Hbond substituents is 1. The van der Waals surface area contributed by atoms with Gasteiger partial charge in [-0.2, -0.15) is 8.42 Å². The van der Waals surface area contributed by atoms with Crippen molar-refractivity contribution >= 4 is 32.9 Å². The second-order valence-electron chi connectivity index (χ2n) is 3.95. The SMILES string of the molecule is CN.Cc1ccc2c(O)cc(SOOO)cc2c1S(=O)(=O)O. The van der Waals surface area contributed by atoms with E-state index in [1.807, 2.05) is 0 Å². The van der Waals surface area contributed by atoms with Gasteiger partial charge in [0.2, 0.25) is 0 Å². The molecule has 0 aliphatic carbocycles. The van der Waals surface area contributed by atoms with E-state index in [0.29, 0.717) is 17.6 Å². The van der Waals surface area contributed by atoms with Crippen LogP contribution in [0.25, 0.3) is 10.8 Å². The zero-order valence-electron chi connectivity index (χ0n) is 11.7. The molecule has 0 aliphatic rings. The van der Waals surface area contributed by atoms with Gasteiger partial charge in [0.25, 0.3) is 10.1 Å². The number of hydrogen-bond acceptors (Lipinski definition) is 8. The second kappa shape index (κ2) is 7.74. The van der Waals surface area contributed by atoms with Crippen molar-refractivity contribution in [3.05, 3.63) is 29.8 Å². The predicted molar refractivity (Wildman–Crippen MR) is 80.9 cm³/mol. The fraction of sp³-hybridized carbons (Fsp3) is 0.167. The van der Waals surface area contributed by atoms with Crippen LogP contribution in [0.3, 0.4) is 0 Å². The summed E-state index contributed by atoms with van der Waals surface area (Å²) >= 11 is 0.566. The molecule has 0 saturated carbocycles. The average molecular weight is 349 g/mol. The summed E-state index contributed by atoms with van der Waals surface area (Å²) < 4.78 is 36.5. The summed E-state index contributed by atoms with van der Waals surface area (Å²) in [5.74, 6) is -0.198. The molecule has 0 saturated heterocycles. The number of aryl methyl sites for hydroxylation is 1. The van der Waals surface area contributed by atoms with Crippen LogP contribution in [0.5, 0.6) is 5.75 Å². The number of nitrogens with two attached hydrogens (primary N) is 1. The van der Waals surface area contributed by atoms with E-state index in [1.165, 1.54) is 38.2 Å². The molecule has 0 bridgehead atoms. The highest BCUT2D eigenvalue weighted by Gasteiger charge is 2.19. The van der Waals surface area contributed by atoms with E-state index in [0.717, 1.165) is 0 Å². The molecule has 10 heteroatoms. The molecule has 122 valence electrons. The quantitative estimate of drug-likeness (QED) is 0.283. The van der Waals surface area contributed by atoms with Crippen LogP contribution in [-0.4, -0.2) is 30.4 Å². The van der Waals surface area contributed by atoms with Crippen LogP contribution in [0.15, 0.2) is 34.1 Å². The minimum absolute atomic E-state index is 0.136. The Labute approximate surface area is 131 Å². The highest BCUT2D eigenvalue weighted by molar-refractivity contribution is 7.94. The van der Waals surface area contributed by atoms with Crippen LogP contribution in [0, 0.1) is 6.92 Å². The highest BCUT2D eigenvalue weighted by atomic mass is 32.2. The van der Waals surface area contributed by atoms with Crippen LogP contribution in [0.1, 0.15) is 5.56 Å². The molecule has 5 N–H and O–H groups in total. The number of rotatable bonds is 4. The van der Waals surface area contributed by atoms with Gasteiger partial charge >= 0.3 is 0 Å². The molecular weight excluding hydrogens is 334 g/mol. The van der Waals surface area contributed by atoms with Gasteiger partial charge < -0.3 is 10.8 Å². The first kappa shape index (κ1) is 18.6. The van der Waals surface area contributed by atoms with Crippen molar-refractivity contribution in [1.29, 1.82) is 0 Å². The Morgan fingerprint density at radius 2 is 1.82 bits per heavy atom. The van der Waals surface area contributed by atoms with E-state index in [9.17, 15) is 18.1 Å². The largest absolute Gasteiger partial charge is 0.507 e. The molecule has 0 atom stereocenters. The van der Waals surface area contributed by atoms with Crippen LogP contribution in [0.2, 0.25) is 0 Å². The molecule has 0 amide bonds. The number of fused-ring (bicyclic) bond motifs is 1. The third-order valence-electron chi connectivity index (χ3n) is 2.65. The van der Waals surface area contributed by atoms with Gasteiger partial charge in [0.15, 0.2) is 0 Å². The Balaban J connectivity index is 0.00000116. The second-order valence-corrected chi connectivity index (χ2v) is 6.08. The lowest BCUT2D eigenvalue weighted by molar-refractivity contribution is -0.432. The number of hydrogen-bond donors (Lipinski definition) is 4. The monoisotopic (exact) mass is 349 g/mol. The first-order valence-electron chi connectivity index (χ1n) is 5.81. The molecule has 0 unspecified atom stereocenters. The zero-order chi connectivity index (χ0) is 16.9. The summed E-state index contributed by atoms with van der Waals surface area (Å²) in [4.78, 5) is -0.0165. The summed E-state index contributed by atoms with van der Waals surface area (Å²) in [6.45, 7) is 1.52. The zero-order valence-corrected chi connectivity index (χ0v) is 13.3. The third-order valence-corrected chi connectivity index (χ3v) is 4.27. The molecule has 0 radical (unpaired) electrons. The van der Waals surface area contributed by atoms with Gasteiger partial charge in [0.05, 0.1) is 12.0 Å². The van der Waals surface area contributed by atoms with Gasteiger partial charge in [-0.05, 0) is 31.7 Å². The van der Waals surface area contributed by atoms with E-state index >= 15 is 0 Å². The molecule has 0 fully saturated rings.